The molecule has 6 heteroatoms. The molecule has 4 heterocycles. The van der Waals surface area contributed by atoms with Crippen LogP contribution in [0.1, 0.15) is 0 Å². The minimum atomic E-state index is 0.558. The van der Waals surface area contributed by atoms with Crippen LogP contribution in [0.3, 0.4) is 0 Å². The second-order valence-corrected chi connectivity index (χ2v) is 13.8. The van der Waals surface area contributed by atoms with Crippen molar-refractivity contribution in [2.45, 2.75) is 0 Å². The number of para-hydroxylation sites is 4. The van der Waals surface area contributed by atoms with Crippen molar-refractivity contribution in [2.24, 2.45) is 0 Å². The van der Waals surface area contributed by atoms with E-state index < -0.39 is 0 Å². The SMILES string of the molecule is c1ccc(-c2nc(-c3cccc4c3oc3c(-c5cccc6c5oc5ccccc56)cccc34)nc(-c3cccc4c3sc3ccccc34)n2)cc1. The first-order valence-electron chi connectivity index (χ1n) is 16.9. The molecule has 0 aliphatic rings. The number of furan rings is 2. The van der Waals surface area contributed by atoms with Gasteiger partial charge in [-0.2, -0.15) is 0 Å². The van der Waals surface area contributed by atoms with Gasteiger partial charge in [-0.25, -0.2) is 15.0 Å². The highest BCUT2D eigenvalue weighted by atomic mass is 32.1. The Bertz CT molecular complexity index is 3160. The van der Waals surface area contributed by atoms with Crippen molar-refractivity contribution in [3.8, 4) is 45.3 Å². The Morgan fingerprint density at radius 2 is 0.863 bits per heavy atom. The van der Waals surface area contributed by atoms with Gasteiger partial charge >= 0.3 is 0 Å². The molecule has 0 aliphatic carbocycles. The first-order chi connectivity index (χ1) is 25.3. The van der Waals surface area contributed by atoms with Crippen molar-refractivity contribution >= 4 is 75.4 Å². The Balaban J connectivity index is 1.15. The number of aromatic nitrogens is 3. The van der Waals surface area contributed by atoms with E-state index in [-0.39, 0.29) is 0 Å². The summed E-state index contributed by atoms with van der Waals surface area (Å²) in [6.07, 6.45) is 0. The van der Waals surface area contributed by atoms with Gasteiger partial charge in [0.15, 0.2) is 17.5 Å². The summed E-state index contributed by atoms with van der Waals surface area (Å²) < 4.78 is 15.7. The molecule has 0 unspecified atom stereocenters. The van der Waals surface area contributed by atoms with Crippen LogP contribution >= 0.6 is 11.3 Å². The molecule has 0 spiro atoms. The van der Waals surface area contributed by atoms with Crippen molar-refractivity contribution in [3.05, 3.63) is 152 Å². The summed E-state index contributed by atoms with van der Waals surface area (Å²) in [7, 11) is 0. The molecule has 0 bridgehead atoms. The van der Waals surface area contributed by atoms with Crippen molar-refractivity contribution in [1.82, 2.24) is 15.0 Å². The summed E-state index contributed by atoms with van der Waals surface area (Å²) in [6, 6.07) is 52.0. The molecule has 0 fully saturated rings. The van der Waals surface area contributed by atoms with E-state index in [2.05, 4.69) is 97.1 Å². The molecule has 0 aliphatic heterocycles. The molecule has 0 radical (unpaired) electrons. The van der Waals surface area contributed by atoms with Gasteiger partial charge in [-0.1, -0.05) is 127 Å². The minimum absolute atomic E-state index is 0.558. The number of rotatable bonds is 4. The zero-order valence-corrected chi connectivity index (χ0v) is 27.8. The van der Waals surface area contributed by atoms with Gasteiger partial charge in [-0.05, 0) is 24.3 Å². The largest absolute Gasteiger partial charge is 0.455 e. The second-order valence-electron chi connectivity index (χ2n) is 12.7. The van der Waals surface area contributed by atoms with Crippen molar-refractivity contribution in [3.63, 3.8) is 0 Å². The Morgan fingerprint density at radius 1 is 0.353 bits per heavy atom. The van der Waals surface area contributed by atoms with E-state index in [1.54, 1.807) is 11.3 Å². The smallest absolute Gasteiger partial charge is 0.167 e. The standard InChI is InChI=1S/C45H25N3O2S/c1-2-12-26(13-3-1)43-46-44(48-45(47-43)36-23-11-21-34-28-15-5-7-25-38(28)51-42(34)36)35-22-10-20-33-32-19-9-18-31(40(32)50-41(33)35)30-17-8-16-29-27-14-4-6-24-37(27)49-39(29)30/h1-25H. The quantitative estimate of drug-likeness (QED) is 0.186. The zero-order valence-electron chi connectivity index (χ0n) is 27.0. The maximum atomic E-state index is 6.91. The van der Waals surface area contributed by atoms with Crippen LogP contribution in [0.5, 0.6) is 0 Å². The average Bonchev–Trinajstić information content (AvgIpc) is 3.89. The highest BCUT2D eigenvalue weighted by Gasteiger charge is 2.22. The summed E-state index contributed by atoms with van der Waals surface area (Å²) in [5.74, 6) is 1.79. The molecule has 0 saturated heterocycles. The van der Waals surface area contributed by atoms with Gasteiger partial charge in [0.1, 0.15) is 22.3 Å². The van der Waals surface area contributed by atoms with Crippen LogP contribution in [0.25, 0.3) is 109 Å². The van der Waals surface area contributed by atoms with Crippen LogP contribution < -0.4 is 0 Å². The lowest BCUT2D eigenvalue weighted by Gasteiger charge is -2.09. The fraction of sp³-hybridized carbons (Fsp3) is 0. The lowest BCUT2D eigenvalue weighted by molar-refractivity contribution is 0.665. The topological polar surface area (TPSA) is 65.0 Å². The van der Waals surface area contributed by atoms with Gasteiger partial charge in [0.2, 0.25) is 0 Å². The van der Waals surface area contributed by atoms with Crippen LogP contribution in [-0.2, 0) is 0 Å². The molecule has 11 rings (SSSR count). The summed E-state index contributed by atoms with van der Waals surface area (Å²) in [6.45, 7) is 0. The van der Waals surface area contributed by atoms with E-state index >= 15 is 0 Å². The fourth-order valence-electron chi connectivity index (χ4n) is 7.42. The number of nitrogens with zero attached hydrogens (tertiary/aromatic N) is 3. The number of hydrogen-bond donors (Lipinski definition) is 0. The molecule has 51 heavy (non-hydrogen) atoms. The van der Waals surface area contributed by atoms with Crippen LogP contribution in [0.4, 0.5) is 0 Å². The number of thiophene rings is 1. The fourth-order valence-corrected chi connectivity index (χ4v) is 8.64. The molecular weight excluding hydrogens is 647 g/mol. The van der Waals surface area contributed by atoms with Crippen LogP contribution in [-0.4, -0.2) is 15.0 Å². The van der Waals surface area contributed by atoms with E-state index in [9.17, 15) is 0 Å². The maximum absolute atomic E-state index is 6.91. The number of fused-ring (bicyclic) bond motifs is 9. The highest BCUT2D eigenvalue weighted by molar-refractivity contribution is 7.26. The van der Waals surface area contributed by atoms with Crippen molar-refractivity contribution in [2.75, 3.05) is 0 Å². The molecule has 5 nitrogen and oxygen atoms in total. The molecule has 0 saturated carbocycles. The molecule has 7 aromatic carbocycles. The first kappa shape index (κ1) is 28.2. The van der Waals surface area contributed by atoms with Crippen LogP contribution in [0, 0.1) is 0 Å². The summed E-state index contributed by atoms with van der Waals surface area (Å²) in [5.41, 5.74) is 7.89. The normalized spacial score (nSPS) is 11.9. The summed E-state index contributed by atoms with van der Waals surface area (Å²) in [4.78, 5) is 15.4. The summed E-state index contributed by atoms with van der Waals surface area (Å²) >= 11 is 1.77. The molecule has 4 aromatic heterocycles. The van der Waals surface area contributed by atoms with Gasteiger partial charge in [0.05, 0.1) is 5.56 Å². The van der Waals surface area contributed by atoms with Gasteiger partial charge in [0, 0.05) is 64.0 Å². The van der Waals surface area contributed by atoms with E-state index in [0.717, 1.165) is 76.4 Å². The summed E-state index contributed by atoms with van der Waals surface area (Å²) in [5, 5.41) is 6.62. The highest BCUT2D eigenvalue weighted by Crippen LogP contribution is 2.44. The third-order valence-electron chi connectivity index (χ3n) is 9.77. The predicted octanol–water partition coefficient (Wildman–Crippen LogP) is 12.7. The molecule has 0 amide bonds. The van der Waals surface area contributed by atoms with Crippen LogP contribution in [0.15, 0.2) is 160 Å². The lowest BCUT2D eigenvalue weighted by Crippen LogP contribution is -2.00. The van der Waals surface area contributed by atoms with E-state index in [1.807, 2.05) is 54.6 Å². The Morgan fingerprint density at radius 3 is 1.63 bits per heavy atom. The molecule has 0 N–H and O–H groups in total. The van der Waals surface area contributed by atoms with Gasteiger partial charge < -0.3 is 8.83 Å². The molecule has 238 valence electrons. The number of benzene rings is 7. The van der Waals surface area contributed by atoms with Crippen LogP contribution in [0.2, 0.25) is 0 Å². The minimum Gasteiger partial charge on any atom is -0.455 e. The maximum Gasteiger partial charge on any atom is 0.167 e. The monoisotopic (exact) mass is 671 g/mol. The molecular formula is C45H25N3O2S. The third-order valence-corrected chi connectivity index (χ3v) is 11.0. The van der Waals surface area contributed by atoms with Gasteiger partial charge in [-0.15, -0.1) is 11.3 Å². The second kappa shape index (κ2) is 10.9. The third kappa shape index (κ3) is 4.30. The predicted molar refractivity (Wildman–Crippen MR) is 209 cm³/mol. The molecule has 11 aromatic rings. The van der Waals surface area contributed by atoms with Gasteiger partial charge in [-0.3, -0.25) is 0 Å². The Hall–Kier alpha value is -6.63. The van der Waals surface area contributed by atoms with Gasteiger partial charge in [0.25, 0.3) is 0 Å². The van der Waals surface area contributed by atoms with E-state index in [1.165, 1.54) is 15.5 Å². The Labute approximate surface area is 295 Å². The average molecular weight is 672 g/mol. The van der Waals surface area contributed by atoms with Crippen molar-refractivity contribution in [1.29, 1.82) is 0 Å². The molecule has 0 atom stereocenters. The zero-order chi connectivity index (χ0) is 33.5. The lowest BCUT2D eigenvalue weighted by atomic mass is 9.99. The first-order valence-corrected chi connectivity index (χ1v) is 17.7. The van der Waals surface area contributed by atoms with E-state index in [0.29, 0.717) is 17.5 Å². The van der Waals surface area contributed by atoms with Crippen molar-refractivity contribution < 1.29 is 8.83 Å². The Kier molecular flexibility index (Phi) is 6.05. The number of hydrogen-bond acceptors (Lipinski definition) is 6. The van der Waals surface area contributed by atoms with E-state index in [4.69, 9.17) is 23.8 Å².